The molecule has 6 nitrogen and oxygen atoms in total. The number of nitrogens with zero attached hydrogens (tertiary/aromatic N) is 3. The summed E-state index contributed by atoms with van der Waals surface area (Å²) in [6.45, 7) is 9.10. The van der Waals surface area contributed by atoms with E-state index in [0.717, 1.165) is 54.8 Å². The highest BCUT2D eigenvalue weighted by molar-refractivity contribution is 5.60. The molecule has 3 saturated carbocycles. The molecule has 5 aliphatic rings. The van der Waals surface area contributed by atoms with Crippen LogP contribution in [0.1, 0.15) is 83.6 Å². The van der Waals surface area contributed by atoms with Crippen LogP contribution in [-0.4, -0.2) is 58.5 Å². The first-order valence-corrected chi connectivity index (χ1v) is 17.0. The van der Waals surface area contributed by atoms with E-state index in [-0.39, 0.29) is 11.5 Å². The maximum atomic E-state index is 11.8. The molecule has 1 saturated heterocycles. The lowest BCUT2D eigenvalue weighted by atomic mass is 9.48. The molecule has 2 aromatic rings. The maximum absolute atomic E-state index is 11.8. The summed E-state index contributed by atoms with van der Waals surface area (Å²) in [6.07, 6.45) is 22.4. The van der Waals surface area contributed by atoms with Gasteiger partial charge in [-0.3, -0.25) is 0 Å². The third kappa shape index (κ3) is 5.27. The number of aryl methyl sites for hydroxylation is 1. The first kappa shape index (κ1) is 29.2. The predicted octanol–water partition coefficient (Wildman–Crippen LogP) is 7.14. The highest BCUT2D eigenvalue weighted by Crippen LogP contribution is 2.66. The zero-order chi connectivity index (χ0) is 29.6. The van der Waals surface area contributed by atoms with Gasteiger partial charge in [0.05, 0.1) is 26.1 Å². The molecular weight excluding hydrogens is 534 g/mol. The summed E-state index contributed by atoms with van der Waals surface area (Å²) in [5.74, 6) is 3.48. The second kappa shape index (κ2) is 11.7. The number of benzene rings is 1. The Morgan fingerprint density at radius 3 is 2.72 bits per heavy atom. The minimum absolute atomic E-state index is 0.0379. The molecule has 232 valence electrons. The number of imidazole rings is 1. The fourth-order valence-corrected chi connectivity index (χ4v) is 10.0. The minimum atomic E-state index is -0.382. The summed E-state index contributed by atoms with van der Waals surface area (Å²) in [4.78, 5) is 6.88. The lowest BCUT2D eigenvalue weighted by molar-refractivity contribution is -0.0662. The molecule has 0 spiro atoms. The fraction of sp³-hybridized carbons (Fsp3) is 0.649. The van der Waals surface area contributed by atoms with Gasteiger partial charge < -0.3 is 24.0 Å². The number of methoxy groups -OCH3 is 1. The van der Waals surface area contributed by atoms with Crippen LogP contribution in [0.25, 0.3) is 6.08 Å². The molecule has 0 radical (unpaired) electrons. The number of hydrogen-bond donors (Lipinski definition) is 1. The van der Waals surface area contributed by atoms with Crippen LogP contribution in [-0.2, 0) is 6.54 Å². The summed E-state index contributed by atoms with van der Waals surface area (Å²) in [5.41, 5.74) is 4.35. The van der Waals surface area contributed by atoms with E-state index in [1.807, 2.05) is 18.6 Å². The van der Waals surface area contributed by atoms with Gasteiger partial charge in [0.15, 0.2) is 11.5 Å². The molecule has 0 amide bonds. The molecule has 1 N–H and O–H groups in total. The summed E-state index contributed by atoms with van der Waals surface area (Å²) in [7, 11) is 1.70. The van der Waals surface area contributed by atoms with E-state index in [4.69, 9.17) is 9.47 Å². The molecule has 7 rings (SSSR count). The van der Waals surface area contributed by atoms with Crippen LogP contribution in [0.3, 0.4) is 0 Å². The standard InChI is InChI=1S/C37H51N3O3/c1-36-13-11-29(40-17-4-5-18-40)24-28(36)8-9-30-31(36)12-14-37(2)32(30)23-27(35(37)41)21-26-7-10-33(34(22-26)42-3)43-20-6-16-39-19-15-38-25-39/h7-8,10,15,19,21-22,25,29-32,35,41H,4-6,9,11-14,16-18,20,23-24H2,1-3H3/b27-21+/t29-,30?,31?,32?,35-,36-,37-/m0/s1. The Hall–Kier alpha value is -2.57. The first-order chi connectivity index (χ1) is 20.9. The van der Waals surface area contributed by atoms with E-state index in [9.17, 15) is 5.11 Å². The maximum Gasteiger partial charge on any atom is 0.161 e. The molecule has 6 heteroatoms. The summed E-state index contributed by atoms with van der Waals surface area (Å²) >= 11 is 0. The van der Waals surface area contributed by atoms with E-state index < -0.39 is 0 Å². The second-order valence-corrected chi connectivity index (χ2v) is 14.7. The number of allylic oxidation sites excluding steroid dienone is 1. The van der Waals surface area contributed by atoms with E-state index in [2.05, 4.69) is 52.6 Å². The third-order valence-corrected chi connectivity index (χ3v) is 12.5. The number of rotatable bonds is 8. The molecule has 43 heavy (non-hydrogen) atoms. The normalized spacial score (nSPS) is 36.6. The fourth-order valence-electron chi connectivity index (χ4n) is 10.0. The summed E-state index contributed by atoms with van der Waals surface area (Å²) < 4.78 is 13.9. The van der Waals surface area contributed by atoms with Crippen molar-refractivity contribution < 1.29 is 14.6 Å². The van der Waals surface area contributed by atoms with Crippen LogP contribution in [0.15, 0.2) is 54.1 Å². The molecule has 1 aliphatic heterocycles. The van der Waals surface area contributed by atoms with Gasteiger partial charge in [0, 0.05) is 30.4 Å². The molecular formula is C37H51N3O3. The van der Waals surface area contributed by atoms with Gasteiger partial charge in [0.1, 0.15) is 0 Å². The average Bonchev–Trinajstić information content (AvgIpc) is 3.79. The topological polar surface area (TPSA) is 59.8 Å². The molecule has 4 aliphatic carbocycles. The van der Waals surface area contributed by atoms with Crippen molar-refractivity contribution >= 4 is 6.08 Å². The van der Waals surface area contributed by atoms with Crippen molar-refractivity contribution in [3.63, 3.8) is 0 Å². The quantitative estimate of drug-likeness (QED) is 0.264. The zero-order valence-electron chi connectivity index (χ0n) is 26.5. The van der Waals surface area contributed by atoms with Crippen molar-refractivity contribution in [2.24, 2.45) is 28.6 Å². The largest absolute Gasteiger partial charge is 0.493 e. The van der Waals surface area contributed by atoms with Crippen molar-refractivity contribution in [2.45, 2.75) is 96.7 Å². The number of ether oxygens (including phenoxy) is 2. The molecule has 7 atom stereocenters. The zero-order valence-corrected chi connectivity index (χ0v) is 26.5. The Morgan fingerprint density at radius 2 is 1.93 bits per heavy atom. The van der Waals surface area contributed by atoms with Gasteiger partial charge in [-0.25, -0.2) is 4.98 Å². The number of aromatic nitrogens is 2. The smallest absolute Gasteiger partial charge is 0.161 e. The Balaban J connectivity index is 1.05. The Bertz CT molecular complexity index is 1340. The minimum Gasteiger partial charge on any atom is -0.493 e. The predicted molar refractivity (Wildman–Crippen MR) is 171 cm³/mol. The lowest BCUT2D eigenvalue weighted by Crippen LogP contribution is -2.52. The van der Waals surface area contributed by atoms with Crippen molar-refractivity contribution in [3.05, 3.63) is 59.7 Å². The highest BCUT2D eigenvalue weighted by atomic mass is 16.5. The molecule has 2 heterocycles. The number of likely N-dealkylation sites (tertiary alicyclic amines) is 1. The summed E-state index contributed by atoms with van der Waals surface area (Å²) in [5, 5.41) is 11.8. The molecule has 4 fully saturated rings. The van der Waals surface area contributed by atoms with Gasteiger partial charge in [-0.15, -0.1) is 0 Å². The van der Waals surface area contributed by atoms with E-state index >= 15 is 0 Å². The van der Waals surface area contributed by atoms with E-state index in [1.165, 1.54) is 63.6 Å². The van der Waals surface area contributed by atoms with E-state index in [0.29, 0.717) is 23.9 Å². The average molecular weight is 586 g/mol. The third-order valence-electron chi connectivity index (χ3n) is 12.5. The van der Waals surface area contributed by atoms with Crippen LogP contribution in [0.4, 0.5) is 0 Å². The van der Waals surface area contributed by atoms with Gasteiger partial charge in [0.2, 0.25) is 0 Å². The van der Waals surface area contributed by atoms with Crippen molar-refractivity contribution in [2.75, 3.05) is 26.8 Å². The van der Waals surface area contributed by atoms with E-state index in [1.54, 1.807) is 18.9 Å². The molecule has 1 aromatic heterocycles. The highest BCUT2D eigenvalue weighted by Gasteiger charge is 2.59. The Kier molecular flexibility index (Phi) is 7.96. The van der Waals surface area contributed by atoms with Crippen molar-refractivity contribution in [1.29, 1.82) is 0 Å². The Labute approximate surface area is 258 Å². The van der Waals surface area contributed by atoms with Gasteiger partial charge in [0.25, 0.3) is 0 Å². The van der Waals surface area contributed by atoms with Gasteiger partial charge in [-0.2, -0.15) is 0 Å². The van der Waals surface area contributed by atoms with Crippen molar-refractivity contribution in [3.8, 4) is 11.5 Å². The van der Waals surface area contributed by atoms with Gasteiger partial charge >= 0.3 is 0 Å². The number of hydrogen-bond acceptors (Lipinski definition) is 5. The number of aliphatic hydroxyl groups excluding tert-OH is 1. The molecule has 3 unspecified atom stereocenters. The van der Waals surface area contributed by atoms with Crippen LogP contribution in [0.5, 0.6) is 11.5 Å². The Morgan fingerprint density at radius 1 is 1.07 bits per heavy atom. The summed E-state index contributed by atoms with van der Waals surface area (Å²) in [6, 6.07) is 6.96. The first-order valence-electron chi connectivity index (χ1n) is 17.0. The van der Waals surface area contributed by atoms with Gasteiger partial charge in [-0.1, -0.05) is 37.6 Å². The monoisotopic (exact) mass is 585 g/mol. The lowest BCUT2D eigenvalue weighted by Gasteiger charge is -2.58. The van der Waals surface area contributed by atoms with Crippen LogP contribution < -0.4 is 9.47 Å². The number of aliphatic hydroxyl groups is 1. The van der Waals surface area contributed by atoms with Crippen LogP contribution in [0.2, 0.25) is 0 Å². The molecule has 0 bridgehead atoms. The molecule has 1 aromatic carbocycles. The van der Waals surface area contributed by atoms with Crippen LogP contribution >= 0.6 is 0 Å². The van der Waals surface area contributed by atoms with Crippen molar-refractivity contribution in [1.82, 2.24) is 14.5 Å². The van der Waals surface area contributed by atoms with Gasteiger partial charge in [-0.05, 0) is 124 Å². The second-order valence-electron chi connectivity index (χ2n) is 14.7. The SMILES string of the molecule is COc1cc(/C=C2\CC3C4CC=C5C[C@@H](N6CCCC6)CC[C@]5(C)C4CC[C@]3(C)[C@H]2O)ccc1OCCCn1ccnc1. The number of fused-ring (bicyclic) bond motifs is 5. The van der Waals surface area contributed by atoms with Crippen LogP contribution in [0, 0.1) is 28.6 Å².